The Labute approximate surface area is 132 Å². The highest BCUT2D eigenvalue weighted by molar-refractivity contribution is 5.89. The smallest absolute Gasteiger partial charge is 0.228 e. The van der Waals surface area contributed by atoms with Gasteiger partial charge in [0.25, 0.3) is 0 Å². The first kappa shape index (κ1) is 16.3. The molecule has 2 atom stereocenters. The molecule has 0 saturated carbocycles. The SMILES string of the molecule is CC[C@@H]1C/C=C\CCNC(=O)C[C@@H](c2ccccc2)C(=O)N1. The summed E-state index contributed by atoms with van der Waals surface area (Å²) in [6.07, 6.45) is 6.87. The number of amides is 2. The Hall–Kier alpha value is -2.10. The Morgan fingerprint density at radius 3 is 2.64 bits per heavy atom. The van der Waals surface area contributed by atoms with Crippen LogP contribution in [0.25, 0.3) is 0 Å². The third kappa shape index (κ3) is 4.72. The summed E-state index contributed by atoms with van der Waals surface area (Å²) in [5, 5.41) is 5.96. The molecule has 1 heterocycles. The molecule has 0 spiro atoms. The fourth-order valence-electron chi connectivity index (χ4n) is 2.61. The van der Waals surface area contributed by atoms with Gasteiger partial charge in [-0.3, -0.25) is 9.59 Å². The molecule has 0 saturated heterocycles. The first-order valence-electron chi connectivity index (χ1n) is 7.97. The van der Waals surface area contributed by atoms with Crippen LogP contribution in [-0.4, -0.2) is 24.4 Å². The topological polar surface area (TPSA) is 58.2 Å². The van der Waals surface area contributed by atoms with Gasteiger partial charge in [-0.25, -0.2) is 0 Å². The van der Waals surface area contributed by atoms with Gasteiger partial charge in [0.1, 0.15) is 0 Å². The van der Waals surface area contributed by atoms with E-state index < -0.39 is 5.92 Å². The molecule has 1 aromatic carbocycles. The van der Waals surface area contributed by atoms with Gasteiger partial charge in [0.2, 0.25) is 11.8 Å². The maximum Gasteiger partial charge on any atom is 0.228 e. The molecule has 0 fully saturated rings. The lowest BCUT2D eigenvalue weighted by atomic mass is 9.93. The quantitative estimate of drug-likeness (QED) is 0.825. The lowest BCUT2D eigenvalue weighted by molar-refractivity contribution is -0.128. The van der Waals surface area contributed by atoms with E-state index in [0.29, 0.717) is 6.54 Å². The molecule has 0 bridgehead atoms. The largest absolute Gasteiger partial charge is 0.356 e. The van der Waals surface area contributed by atoms with Crippen LogP contribution in [0.15, 0.2) is 42.5 Å². The van der Waals surface area contributed by atoms with Crippen LogP contribution in [0.1, 0.15) is 44.1 Å². The Balaban J connectivity index is 2.21. The standard InChI is InChI=1S/C18H24N2O2/c1-2-15-11-7-4-8-12-19-17(21)13-16(18(22)20-15)14-9-5-3-6-10-14/h3-7,9-10,15-16H,2,8,11-13H2,1H3,(H,19,21)(H,20,22)/b7-4-/t15-,16+/m1/s1. The summed E-state index contributed by atoms with van der Waals surface area (Å²) in [6, 6.07) is 9.65. The Bertz CT molecular complexity index is 525. The monoisotopic (exact) mass is 300 g/mol. The average Bonchev–Trinajstić information content (AvgIpc) is 2.54. The minimum absolute atomic E-state index is 0.0674. The van der Waals surface area contributed by atoms with Crippen molar-refractivity contribution < 1.29 is 9.59 Å². The molecule has 1 aliphatic rings. The predicted molar refractivity (Wildman–Crippen MR) is 87.4 cm³/mol. The van der Waals surface area contributed by atoms with Gasteiger partial charge in [-0.15, -0.1) is 0 Å². The van der Waals surface area contributed by atoms with E-state index in [1.54, 1.807) is 0 Å². The van der Waals surface area contributed by atoms with Crippen molar-refractivity contribution in [2.45, 2.75) is 44.6 Å². The average molecular weight is 300 g/mol. The summed E-state index contributed by atoms with van der Waals surface area (Å²) in [5.74, 6) is -0.577. The van der Waals surface area contributed by atoms with E-state index in [2.05, 4.69) is 29.7 Å². The van der Waals surface area contributed by atoms with Crippen LogP contribution in [0.2, 0.25) is 0 Å². The highest BCUT2D eigenvalue weighted by Crippen LogP contribution is 2.20. The van der Waals surface area contributed by atoms with Gasteiger partial charge in [0.15, 0.2) is 0 Å². The van der Waals surface area contributed by atoms with Gasteiger partial charge < -0.3 is 10.6 Å². The summed E-state index contributed by atoms with van der Waals surface area (Å²) in [5.41, 5.74) is 0.887. The zero-order chi connectivity index (χ0) is 15.8. The minimum atomic E-state index is -0.432. The molecule has 2 N–H and O–H groups in total. The molecule has 0 unspecified atom stereocenters. The predicted octanol–water partition coefficient (Wildman–Crippen LogP) is 2.52. The van der Waals surface area contributed by atoms with E-state index in [1.165, 1.54) is 0 Å². The van der Waals surface area contributed by atoms with Gasteiger partial charge in [0, 0.05) is 19.0 Å². The number of nitrogens with one attached hydrogen (secondary N) is 2. The summed E-state index contributed by atoms with van der Waals surface area (Å²) in [6.45, 7) is 2.68. The fraction of sp³-hybridized carbons (Fsp3) is 0.444. The number of hydrogen-bond acceptors (Lipinski definition) is 2. The number of carbonyl (C=O) groups excluding carboxylic acids is 2. The maximum atomic E-state index is 12.6. The molecule has 22 heavy (non-hydrogen) atoms. The van der Waals surface area contributed by atoms with Crippen LogP contribution in [-0.2, 0) is 9.59 Å². The third-order valence-corrected chi connectivity index (χ3v) is 3.97. The van der Waals surface area contributed by atoms with E-state index in [4.69, 9.17) is 0 Å². The molecular formula is C18H24N2O2. The van der Waals surface area contributed by atoms with Crippen molar-refractivity contribution in [1.29, 1.82) is 0 Å². The van der Waals surface area contributed by atoms with Crippen molar-refractivity contribution in [2.75, 3.05) is 6.54 Å². The molecule has 0 aromatic heterocycles. The van der Waals surface area contributed by atoms with E-state index in [1.807, 2.05) is 30.3 Å². The summed E-state index contributed by atoms with van der Waals surface area (Å²) < 4.78 is 0. The highest BCUT2D eigenvalue weighted by Gasteiger charge is 2.25. The van der Waals surface area contributed by atoms with E-state index >= 15 is 0 Å². The summed E-state index contributed by atoms with van der Waals surface area (Å²) in [4.78, 5) is 24.7. The third-order valence-electron chi connectivity index (χ3n) is 3.97. The molecule has 118 valence electrons. The molecule has 0 aliphatic carbocycles. The molecule has 2 rings (SSSR count). The molecule has 1 aliphatic heterocycles. The zero-order valence-corrected chi connectivity index (χ0v) is 13.0. The van der Waals surface area contributed by atoms with Gasteiger partial charge in [-0.2, -0.15) is 0 Å². The lowest BCUT2D eigenvalue weighted by Crippen LogP contribution is -2.39. The maximum absolute atomic E-state index is 12.6. The van der Waals surface area contributed by atoms with Gasteiger partial charge in [0.05, 0.1) is 5.92 Å². The van der Waals surface area contributed by atoms with Gasteiger partial charge in [-0.05, 0) is 24.8 Å². The van der Waals surface area contributed by atoms with E-state index in [0.717, 1.165) is 24.8 Å². The molecule has 2 amide bonds. The normalized spacial score (nSPS) is 25.3. The zero-order valence-electron chi connectivity index (χ0n) is 13.0. The fourth-order valence-corrected chi connectivity index (χ4v) is 2.61. The first-order valence-corrected chi connectivity index (χ1v) is 7.97. The second kappa shape index (κ2) is 8.37. The molecule has 0 radical (unpaired) electrons. The first-order chi connectivity index (χ1) is 10.7. The Morgan fingerprint density at radius 2 is 1.91 bits per heavy atom. The van der Waals surface area contributed by atoms with Gasteiger partial charge in [-0.1, -0.05) is 49.4 Å². The van der Waals surface area contributed by atoms with Crippen LogP contribution < -0.4 is 10.6 Å². The number of rotatable bonds is 2. The van der Waals surface area contributed by atoms with Crippen molar-refractivity contribution in [3.05, 3.63) is 48.0 Å². The summed E-state index contributed by atoms with van der Waals surface area (Å²) >= 11 is 0. The van der Waals surface area contributed by atoms with Crippen molar-refractivity contribution in [3.63, 3.8) is 0 Å². The molecule has 4 nitrogen and oxygen atoms in total. The van der Waals surface area contributed by atoms with Crippen molar-refractivity contribution >= 4 is 11.8 Å². The van der Waals surface area contributed by atoms with Crippen molar-refractivity contribution in [2.24, 2.45) is 0 Å². The van der Waals surface area contributed by atoms with Crippen LogP contribution in [0.3, 0.4) is 0 Å². The second-order valence-corrected chi connectivity index (χ2v) is 5.63. The van der Waals surface area contributed by atoms with Crippen molar-refractivity contribution in [1.82, 2.24) is 10.6 Å². The summed E-state index contributed by atoms with van der Waals surface area (Å²) in [7, 11) is 0. The molecule has 1 aromatic rings. The number of hydrogen-bond donors (Lipinski definition) is 2. The van der Waals surface area contributed by atoms with E-state index in [-0.39, 0.29) is 24.3 Å². The van der Waals surface area contributed by atoms with Crippen LogP contribution >= 0.6 is 0 Å². The number of carbonyl (C=O) groups is 2. The molecular weight excluding hydrogens is 276 g/mol. The number of benzene rings is 1. The van der Waals surface area contributed by atoms with E-state index in [9.17, 15) is 9.59 Å². The Kier molecular flexibility index (Phi) is 6.19. The van der Waals surface area contributed by atoms with Crippen LogP contribution in [0.5, 0.6) is 0 Å². The second-order valence-electron chi connectivity index (χ2n) is 5.63. The van der Waals surface area contributed by atoms with Crippen LogP contribution in [0, 0.1) is 0 Å². The Morgan fingerprint density at radius 1 is 1.14 bits per heavy atom. The van der Waals surface area contributed by atoms with Crippen molar-refractivity contribution in [3.8, 4) is 0 Å². The molecule has 4 heteroatoms. The minimum Gasteiger partial charge on any atom is -0.356 e. The van der Waals surface area contributed by atoms with Crippen LogP contribution in [0.4, 0.5) is 0 Å². The lowest BCUT2D eigenvalue weighted by Gasteiger charge is -2.22. The van der Waals surface area contributed by atoms with Gasteiger partial charge >= 0.3 is 0 Å². The highest BCUT2D eigenvalue weighted by atomic mass is 16.2.